The summed E-state index contributed by atoms with van der Waals surface area (Å²) in [6, 6.07) is 15.6. The first-order valence-electron chi connectivity index (χ1n) is 7.74. The Hall–Kier alpha value is -1.74. The molecule has 0 atom stereocenters. The second-order valence-corrected chi connectivity index (χ2v) is 8.12. The van der Waals surface area contributed by atoms with Crippen LogP contribution < -0.4 is 0 Å². The minimum absolute atomic E-state index is 0.0741. The Labute approximate surface area is 149 Å². The molecule has 0 fully saturated rings. The van der Waals surface area contributed by atoms with E-state index in [4.69, 9.17) is 8.74 Å². The Morgan fingerprint density at radius 3 is 1.68 bits per heavy atom. The minimum Gasteiger partial charge on any atom is -0.282 e. The third-order valence-corrected chi connectivity index (χ3v) is 5.25. The summed E-state index contributed by atoms with van der Waals surface area (Å²) >= 11 is 0. The molecule has 0 saturated heterocycles. The Morgan fingerprint density at radius 1 is 0.800 bits per heavy atom. The maximum absolute atomic E-state index is 11.6. The number of rotatable bonds is 7. The summed E-state index contributed by atoms with van der Waals surface area (Å²) in [7, 11) is -7.54. The normalized spacial score (nSPS) is 11.4. The second-order valence-electron chi connectivity index (χ2n) is 5.08. The van der Waals surface area contributed by atoms with Crippen molar-refractivity contribution in [3.05, 3.63) is 60.7 Å². The molecule has 0 aromatic heterocycles. The van der Waals surface area contributed by atoms with Gasteiger partial charge < -0.3 is 0 Å². The van der Waals surface area contributed by atoms with E-state index in [2.05, 4.69) is 6.92 Å². The number of hydrogen-bond donors (Lipinski definition) is 1. The molecular formula is C17H22O6S2. The van der Waals surface area contributed by atoms with Crippen LogP contribution in [0.2, 0.25) is 0 Å². The summed E-state index contributed by atoms with van der Waals surface area (Å²) in [6.07, 6.45) is 2.82. The van der Waals surface area contributed by atoms with Gasteiger partial charge in [0, 0.05) is 0 Å². The molecule has 6 nitrogen and oxygen atoms in total. The molecule has 2 aromatic rings. The van der Waals surface area contributed by atoms with Gasteiger partial charge >= 0.3 is 0 Å². The average Bonchev–Trinajstić information content (AvgIpc) is 2.60. The van der Waals surface area contributed by atoms with E-state index in [1.54, 1.807) is 36.4 Å². The molecule has 0 aliphatic heterocycles. The summed E-state index contributed by atoms with van der Waals surface area (Å²) < 4.78 is 57.3. The standard InChI is InChI=1S/C11H16O3S.C6H6O3S/c1-2-3-7-10-14-15(12,13)11-8-5-4-6-9-11;7-10(8,9)6-4-2-1-3-5-6/h4-6,8-9H,2-3,7,10H2,1H3;1-5H,(H,7,8,9). The summed E-state index contributed by atoms with van der Waals surface area (Å²) in [5.74, 6) is 0. The largest absolute Gasteiger partial charge is 0.296 e. The summed E-state index contributed by atoms with van der Waals surface area (Å²) in [4.78, 5) is 0.150. The van der Waals surface area contributed by atoms with E-state index in [0.717, 1.165) is 19.3 Å². The first kappa shape index (κ1) is 21.3. The number of unbranched alkanes of at least 4 members (excludes halogenated alkanes) is 2. The maximum Gasteiger partial charge on any atom is 0.296 e. The van der Waals surface area contributed by atoms with Gasteiger partial charge in [0.2, 0.25) is 0 Å². The van der Waals surface area contributed by atoms with Crippen LogP contribution in [-0.4, -0.2) is 28.0 Å². The summed E-state index contributed by atoms with van der Waals surface area (Å²) in [5.41, 5.74) is 0. The maximum atomic E-state index is 11.6. The van der Waals surface area contributed by atoms with Crippen LogP contribution in [0.5, 0.6) is 0 Å². The van der Waals surface area contributed by atoms with Crippen LogP contribution >= 0.6 is 0 Å². The third kappa shape index (κ3) is 8.26. The Bertz CT molecular complexity index is 816. The van der Waals surface area contributed by atoms with E-state index in [1.165, 1.54) is 24.3 Å². The lowest BCUT2D eigenvalue weighted by molar-refractivity contribution is 0.308. The van der Waals surface area contributed by atoms with Gasteiger partial charge in [-0.15, -0.1) is 0 Å². The highest BCUT2D eigenvalue weighted by Crippen LogP contribution is 2.11. The van der Waals surface area contributed by atoms with Crippen LogP contribution in [-0.2, 0) is 24.4 Å². The second kappa shape index (κ2) is 10.3. The fraction of sp³-hybridized carbons (Fsp3) is 0.294. The van der Waals surface area contributed by atoms with Crippen molar-refractivity contribution in [1.29, 1.82) is 0 Å². The van der Waals surface area contributed by atoms with Gasteiger partial charge in [-0.25, -0.2) is 0 Å². The zero-order valence-corrected chi connectivity index (χ0v) is 15.5. The minimum atomic E-state index is -4.00. The van der Waals surface area contributed by atoms with Gasteiger partial charge in [-0.05, 0) is 30.7 Å². The third-order valence-electron chi connectivity index (χ3n) is 3.06. The van der Waals surface area contributed by atoms with Crippen molar-refractivity contribution in [3.63, 3.8) is 0 Å². The first-order valence-corrected chi connectivity index (χ1v) is 10.6. The zero-order valence-electron chi connectivity index (χ0n) is 13.9. The van der Waals surface area contributed by atoms with Gasteiger partial charge in [-0.2, -0.15) is 16.8 Å². The number of benzene rings is 2. The van der Waals surface area contributed by atoms with Crippen LogP contribution in [0.3, 0.4) is 0 Å². The first-order chi connectivity index (χ1) is 11.8. The van der Waals surface area contributed by atoms with Gasteiger partial charge in [0.1, 0.15) is 0 Å². The van der Waals surface area contributed by atoms with Crippen molar-refractivity contribution in [2.45, 2.75) is 36.0 Å². The van der Waals surface area contributed by atoms with Crippen molar-refractivity contribution in [2.24, 2.45) is 0 Å². The molecule has 0 amide bonds. The number of hydrogen-bond acceptors (Lipinski definition) is 5. The van der Waals surface area contributed by atoms with Crippen LogP contribution in [0, 0.1) is 0 Å². The van der Waals surface area contributed by atoms with E-state index in [-0.39, 0.29) is 16.4 Å². The smallest absolute Gasteiger partial charge is 0.282 e. The van der Waals surface area contributed by atoms with Crippen LogP contribution in [0.4, 0.5) is 0 Å². The van der Waals surface area contributed by atoms with Crippen molar-refractivity contribution in [1.82, 2.24) is 0 Å². The molecule has 1 N–H and O–H groups in total. The molecule has 0 bridgehead atoms. The molecule has 0 spiro atoms. The Balaban J connectivity index is 0.000000271. The van der Waals surface area contributed by atoms with Crippen molar-refractivity contribution >= 4 is 20.2 Å². The average molecular weight is 386 g/mol. The highest BCUT2D eigenvalue weighted by atomic mass is 32.2. The Morgan fingerprint density at radius 2 is 1.28 bits per heavy atom. The highest BCUT2D eigenvalue weighted by molar-refractivity contribution is 7.86. The quantitative estimate of drug-likeness (QED) is 0.444. The summed E-state index contributed by atoms with van der Waals surface area (Å²) in [6.45, 7) is 2.33. The SMILES string of the molecule is CCCCCOS(=O)(=O)c1ccccc1.O=S(=O)(O)c1ccccc1. The van der Waals surface area contributed by atoms with Crippen molar-refractivity contribution in [3.8, 4) is 0 Å². The van der Waals surface area contributed by atoms with Crippen LogP contribution in [0.25, 0.3) is 0 Å². The predicted octanol–water partition coefficient (Wildman–Crippen LogP) is 3.52. The van der Waals surface area contributed by atoms with E-state index in [9.17, 15) is 16.8 Å². The van der Waals surface area contributed by atoms with Gasteiger partial charge in [0.05, 0.1) is 16.4 Å². The van der Waals surface area contributed by atoms with E-state index in [1.807, 2.05) is 0 Å². The monoisotopic (exact) mass is 386 g/mol. The van der Waals surface area contributed by atoms with Crippen LogP contribution in [0.15, 0.2) is 70.5 Å². The fourth-order valence-corrected chi connectivity index (χ4v) is 3.23. The molecule has 25 heavy (non-hydrogen) atoms. The molecule has 138 valence electrons. The molecular weight excluding hydrogens is 364 g/mol. The lowest BCUT2D eigenvalue weighted by Gasteiger charge is -2.04. The van der Waals surface area contributed by atoms with Crippen molar-refractivity contribution in [2.75, 3.05) is 6.61 Å². The molecule has 0 saturated carbocycles. The Kier molecular flexibility index (Phi) is 8.77. The van der Waals surface area contributed by atoms with Crippen molar-refractivity contribution < 1.29 is 25.6 Å². The zero-order chi connectivity index (χ0) is 18.8. The molecule has 2 aromatic carbocycles. The molecule has 0 unspecified atom stereocenters. The summed E-state index contributed by atoms with van der Waals surface area (Å²) in [5, 5.41) is 0. The van der Waals surface area contributed by atoms with Crippen LogP contribution in [0.1, 0.15) is 26.2 Å². The fourth-order valence-electron chi connectivity index (χ4n) is 1.77. The molecule has 0 heterocycles. The molecule has 2 rings (SSSR count). The van der Waals surface area contributed by atoms with E-state index in [0.29, 0.717) is 0 Å². The van der Waals surface area contributed by atoms with E-state index >= 15 is 0 Å². The van der Waals surface area contributed by atoms with E-state index < -0.39 is 20.2 Å². The lowest BCUT2D eigenvalue weighted by Crippen LogP contribution is -2.07. The van der Waals surface area contributed by atoms with Gasteiger partial charge in [0.15, 0.2) is 0 Å². The van der Waals surface area contributed by atoms with Gasteiger partial charge in [-0.3, -0.25) is 8.74 Å². The molecule has 0 radical (unpaired) electrons. The molecule has 0 aliphatic rings. The molecule has 0 aliphatic carbocycles. The van der Waals surface area contributed by atoms with Gasteiger partial charge in [-0.1, -0.05) is 56.2 Å². The predicted molar refractivity (Wildman–Crippen MR) is 95.4 cm³/mol. The lowest BCUT2D eigenvalue weighted by atomic mass is 10.3. The topological polar surface area (TPSA) is 97.7 Å². The van der Waals surface area contributed by atoms with Gasteiger partial charge in [0.25, 0.3) is 20.2 Å². The molecule has 8 heteroatoms. The highest BCUT2D eigenvalue weighted by Gasteiger charge is 2.13.